The number of carbonyl (C=O) groups excluding carboxylic acids is 1. The molecule has 0 spiro atoms. The first-order valence-electron chi connectivity index (χ1n) is 5.35. The zero-order valence-electron chi connectivity index (χ0n) is 9.68. The molecule has 2 aromatic rings. The van der Waals surface area contributed by atoms with E-state index in [4.69, 9.17) is 0 Å². The van der Waals surface area contributed by atoms with Gasteiger partial charge in [-0.25, -0.2) is 14.2 Å². The molecule has 2 rings (SSSR count). The molecule has 0 atom stereocenters. The molecule has 96 valence electrons. The van der Waals surface area contributed by atoms with E-state index in [9.17, 15) is 13.6 Å². The summed E-state index contributed by atoms with van der Waals surface area (Å²) in [7, 11) is 0. The zero-order chi connectivity index (χ0) is 13.7. The van der Waals surface area contributed by atoms with Gasteiger partial charge in [-0.2, -0.15) is 5.10 Å². The van der Waals surface area contributed by atoms with Crippen LogP contribution in [0.3, 0.4) is 0 Å². The van der Waals surface area contributed by atoms with Gasteiger partial charge >= 0.3 is 0 Å². The van der Waals surface area contributed by atoms with Crippen molar-refractivity contribution in [3.8, 4) is 0 Å². The van der Waals surface area contributed by atoms with Crippen molar-refractivity contribution in [2.75, 3.05) is 0 Å². The highest BCUT2D eigenvalue weighted by atomic mass is 19.1. The molecule has 4 nitrogen and oxygen atoms in total. The Morgan fingerprint density at radius 1 is 1.32 bits per heavy atom. The molecule has 1 heterocycles. The van der Waals surface area contributed by atoms with Crippen LogP contribution in [0.15, 0.2) is 47.8 Å². The maximum Gasteiger partial charge on any atom is 0.272 e. The Hall–Kier alpha value is -2.63. The summed E-state index contributed by atoms with van der Waals surface area (Å²) in [5.41, 5.74) is 2.63. The Labute approximate surface area is 107 Å². The SMILES string of the molecule is O=C(NN=Cc1ccc(F)cc1F)c1cccnc1. The zero-order valence-corrected chi connectivity index (χ0v) is 9.68. The van der Waals surface area contributed by atoms with Crippen LogP contribution >= 0.6 is 0 Å². The fourth-order valence-electron chi connectivity index (χ4n) is 1.33. The molecule has 0 radical (unpaired) electrons. The number of hydrogen-bond acceptors (Lipinski definition) is 3. The molecule has 0 aliphatic rings. The van der Waals surface area contributed by atoms with Gasteiger partial charge in [-0.3, -0.25) is 9.78 Å². The molecule has 19 heavy (non-hydrogen) atoms. The van der Waals surface area contributed by atoms with Crippen LogP contribution in [-0.2, 0) is 0 Å². The number of nitrogens with one attached hydrogen (secondary N) is 1. The van der Waals surface area contributed by atoms with Crippen molar-refractivity contribution in [1.82, 2.24) is 10.4 Å². The van der Waals surface area contributed by atoms with Crippen molar-refractivity contribution in [3.63, 3.8) is 0 Å². The minimum absolute atomic E-state index is 0.0767. The number of aromatic nitrogens is 1. The second-order valence-corrected chi connectivity index (χ2v) is 3.61. The highest BCUT2D eigenvalue weighted by Crippen LogP contribution is 2.06. The van der Waals surface area contributed by atoms with E-state index in [2.05, 4.69) is 15.5 Å². The summed E-state index contributed by atoms with van der Waals surface area (Å²) < 4.78 is 25.9. The molecular formula is C13H9F2N3O. The van der Waals surface area contributed by atoms with Gasteiger partial charge in [0.25, 0.3) is 5.91 Å². The minimum atomic E-state index is -0.751. The lowest BCUT2D eigenvalue weighted by atomic mass is 10.2. The number of hydrogen-bond donors (Lipinski definition) is 1. The molecule has 1 aromatic carbocycles. The molecule has 0 bridgehead atoms. The third-order valence-corrected chi connectivity index (χ3v) is 2.26. The lowest BCUT2D eigenvalue weighted by Gasteiger charge is -1.99. The Morgan fingerprint density at radius 2 is 2.16 bits per heavy atom. The van der Waals surface area contributed by atoms with Gasteiger partial charge in [-0.1, -0.05) is 0 Å². The van der Waals surface area contributed by atoms with Gasteiger partial charge in [0.05, 0.1) is 11.8 Å². The van der Waals surface area contributed by atoms with Crippen LogP contribution in [0.1, 0.15) is 15.9 Å². The third-order valence-electron chi connectivity index (χ3n) is 2.26. The first kappa shape index (κ1) is 12.8. The van der Waals surface area contributed by atoms with Crippen LogP contribution in [0.4, 0.5) is 8.78 Å². The third kappa shape index (κ3) is 3.41. The van der Waals surface area contributed by atoms with Crippen molar-refractivity contribution < 1.29 is 13.6 Å². The Morgan fingerprint density at radius 3 is 2.84 bits per heavy atom. The predicted molar refractivity (Wildman–Crippen MR) is 65.7 cm³/mol. The summed E-state index contributed by atoms with van der Waals surface area (Å²) in [6.07, 6.45) is 4.01. The summed E-state index contributed by atoms with van der Waals surface area (Å²) in [4.78, 5) is 15.3. The highest BCUT2D eigenvalue weighted by molar-refractivity contribution is 5.94. The average Bonchev–Trinajstić information content (AvgIpc) is 2.42. The number of hydrazone groups is 1. The largest absolute Gasteiger partial charge is 0.272 e. The van der Waals surface area contributed by atoms with E-state index in [1.807, 2.05) is 0 Å². The molecule has 1 aromatic heterocycles. The molecule has 1 amide bonds. The molecule has 0 unspecified atom stereocenters. The Balaban J connectivity index is 2.02. The minimum Gasteiger partial charge on any atom is -0.267 e. The number of rotatable bonds is 3. The lowest BCUT2D eigenvalue weighted by molar-refractivity contribution is 0.0954. The van der Waals surface area contributed by atoms with Gasteiger partial charge in [0, 0.05) is 24.0 Å². The summed E-state index contributed by atoms with van der Waals surface area (Å²) in [5.74, 6) is -1.89. The number of benzene rings is 1. The summed E-state index contributed by atoms with van der Waals surface area (Å²) in [6.45, 7) is 0. The molecule has 0 aliphatic carbocycles. The maximum atomic E-state index is 13.2. The fraction of sp³-hybridized carbons (Fsp3) is 0. The van der Waals surface area contributed by atoms with Crippen molar-refractivity contribution >= 4 is 12.1 Å². The van der Waals surface area contributed by atoms with Crippen molar-refractivity contribution in [2.24, 2.45) is 5.10 Å². The Kier molecular flexibility index (Phi) is 3.92. The number of nitrogens with zero attached hydrogens (tertiary/aromatic N) is 2. The van der Waals surface area contributed by atoms with E-state index in [0.717, 1.165) is 18.3 Å². The van der Waals surface area contributed by atoms with Gasteiger partial charge in [0.2, 0.25) is 0 Å². The smallest absolute Gasteiger partial charge is 0.267 e. The Bertz CT molecular complexity index is 615. The molecule has 0 aliphatic heterocycles. The molecule has 0 saturated heterocycles. The molecule has 1 N–H and O–H groups in total. The van der Waals surface area contributed by atoms with Crippen molar-refractivity contribution in [1.29, 1.82) is 0 Å². The van der Waals surface area contributed by atoms with E-state index >= 15 is 0 Å². The van der Waals surface area contributed by atoms with Gasteiger partial charge in [0.15, 0.2) is 0 Å². The van der Waals surface area contributed by atoms with E-state index in [1.165, 1.54) is 18.5 Å². The second kappa shape index (κ2) is 5.81. The van der Waals surface area contributed by atoms with Crippen LogP contribution in [0.5, 0.6) is 0 Å². The van der Waals surface area contributed by atoms with Gasteiger partial charge in [-0.05, 0) is 24.3 Å². The first-order valence-corrected chi connectivity index (χ1v) is 5.35. The standard InChI is InChI=1S/C13H9F2N3O/c14-11-4-3-9(12(15)6-11)8-17-18-13(19)10-2-1-5-16-7-10/h1-8H,(H,18,19). The van der Waals surface area contributed by atoms with Crippen LogP contribution < -0.4 is 5.43 Å². The van der Waals surface area contributed by atoms with Gasteiger partial charge < -0.3 is 0 Å². The summed E-state index contributed by atoms with van der Waals surface area (Å²) >= 11 is 0. The molecular weight excluding hydrogens is 252 g/mol. The fourth-order valence-corrected chi connectivity index (χ4v) is 1.33. The lowest BCUT2D eigenvalue weighted by Crippen LogP contribution is -2.17. The van der Waals surface area contributed by atoms with E-state index < -0.39 is 17.5 Å². The van der Waals surface area contributed by atoms with Crippen LogP contribution in [0.25, 0.3) is 0 Å². The first-order chi connectivity index (χ1) is 9.16. The van der Waals surface area contributed by atoms with Crippen LogP contribution in [-0.4, -0.2) is 17.1 Å². The highest BCUT2D eigenvalue weighted by Gasteiger charge is 2.03. The van der Waals surface area contributed by atoms with Crippen molar-refractivity contribution in [3.05, 3.63) is 65.5 Å². The maximum absolute atomic E-state index is 13.2. The number of amides is 1. The number of pyridine rings is 1. The molecule has 0 saturated carbocycles. The molecule has 0 fully saturated rings. The van der Waals surface area contributed by atoms with Crippen molar-refractivity contribution in [2.45, 2.75) is 0 Å². The van der Waals surface area contributed by atoms with E-state index in [1.54, 1.807) is 12.1 Å². The van der Waals surface area contributed by atoms with Gasteiger partial charge in [-0.15, -0.1) is 0 Å². The molecule has 6 heteroatoms. The summed E-state index contributed by atoms with van der Waals surface area (Å²) in [6, 6.07) is 6.25. The normalized spacial score (nSPS) is 10.6. The second-order valence-electron chi connectivity index (χ2n) is 3.61. The topological polar surface area (TPSA) is 54.4 Å². The van der Waals surface area contributed by atoms with Crippen LogP contribution in [0.2, 0.25) is 0 Å². The predicted octanol–water partition coefficient (Wildman–Crippen LogP) is 2.12. The monoisotopic (exact) mass is 261 g/mol. The quantitative estimate of drug-likeness (QED) is 0.679. The van der Waals surface area contributed by atoms with E-state index in [0.29, 0.717) is 5.56 Å². The number of halogens is 2. The summed E-state index contributed by atoms with van der Waals surface area (Å²) in [5, 5.41) is 3.59. The van der Waals surface area contributed by atoms with E-state index in [-0.39, 0.29) is 5.56 Å². The van der Waals surface area contributed by atoms with Crippen LogP contribution in [0, 0.1) is 11.6 Å². The average molecular weight is 261 g/mol. The number of carbonyl (C=O) groups is 1. The van der Waals surface area contributed by atoms with Gasteiger partial charge in [0.1, 0.15) is 11.6 Å².